The van der Waals surface area contributed by atoms with Crippen molar-refractivity contribution in [1.82, 2.24) is 9.97 Å². The smallest absolute Gasteiger partial charge is 0.141 e. The molecule has 1 aromatic heterocycles. The molecular weight excluding hydrogens is 279 g/mol. The van der Waals surface area contributed by atoms with E-state index in [1.165, 1.54) is 6.07 Å². The summed E-state index contributed by atoms with van der Waals surface area (Å²) in [6.45, 7) is 4.48. The highest BCUT2D eigenvalue weighted by Gasteiger charge is 2.07. The second kappa shape index (κ2) is 6.05. The SMILES string of the molecule is CC(C)c1nc(N)cc(NCc2ccc(F)c(Cl)c2)n1. The van der Waals surface area contributed by atoms with E-state index in [1.807, 2.05) is 13.8 Å². The molecule has 1 heterocycles. The van der Waals surface area contributed by atoms with Crippen LogP contribution in [-0.2, 0) is 6.54 Å². The van der Waals surface area contributed by atoms with Gasteiger partial charge in [0.15, 0.2) is 0 Å². The molecule has 0 aliphatic carbocycles. The lowest BCUT2D eigenvalue weighted by Crippen LogP contribution is -2.07. The Hall–Kier alpha value is -1.88. The first kappa shape index (κ1) is 14.5. The molecule has 2 rings (SSSR count). The van der Waals surface area contributed by atoms with Crippen LogP contribution in [0.1, 0.15) is 31.2 Å². The number of benzene rings is 1. The van der Waals surface area contributed by atoms with Gasteiger partial charge >= 0.3 is 0 Å². The number of aromatic nitrogens is 2. The number of nitrogen functional groups attached to an aromatic ring is 1. The number of hydrogen-bond acceptors (Lipinski definition) is 4. The zero-order chi connectivity index (χ0) is 14.7. The Morgan fingerprint density at radius 1 is 1.30 bits per heavy atom. The zero-order valence-corrected chi connectivity index (χ0v) is 12.1. The third kappa shape index (κ3) is 3.57. The number of nitrogens with two attached hydrogens (primary N) is 1. The summed E-state index contributed by atoms with van der Waals surface area (Å²) in [5.74, 6) is 1.51. The monoisotopic (exact) mass is 294 g/mol. The minimum atomic E-state index is -0.427. The Kier molecular flexibility index (Phi) is 4.39. The van der Waals surface area contributed by atoms with Gasteiger partial charge in [0.05, 0.1) is 5.02 Å². The van der Waals surface area contributed by atoms with Crippen molar-refractivity contribution in [1.29, 1.82) is 0 Å². The van der Waals surface area contributed by atoms with Crippen LogP contribution in [0.15, 0.2) is 24.3 Å². The Labute approximate surface area is 122 Å². The topological polar surface area (TPSA) is 63.8 Å². The first-order valence-corrected chi connectivity index (χ1v) is 6.65. The van der Waals surface area contributed by atoms with Crippen molar-refractivity contribution < 1.29 is 4.39 Å². The van der Waals surface area contributed by atoms with Crippen LogP contribution in [0.4, 0.5) is 16.0 Å². The highest BCUT2D eigenvalue weighted by atomic mass is 35.5. The number of hydrogen-bond donors (Lipinski definition) is 2. The molecule has 3 N–H and O–H groups in total. The predicted octanol–water partition coefficient (Wildman–Crippen LogP) is 3.59. The Balaban J connectivity index is 2.12. The Morgan fingerprint density at radius 3 is 2.70 bits per heavy atom. The van der Waals surface area contributed by atoms with Gasteiger partial charge in [-0.2, -0.15) is 0 Å². The molecule has 0 atom stereocenters. The van der Waals surface area contributed by atoms with E-state index in [0.29, 0.717) is 24.0 Å². The molecule has 0 radical (unpaired) electrons. The molecule has 2 aromatic rings. The van der Waals surface area contributed by atoms with Crippen LogP contribution in [0.5, 0.6) is 0 Å². The summed E-state index contributed by atoms with van der Waals surface area (Å²) in [5.41, 5.74) is 6.61. The second-order valence-electron chi connectivity index (χ2n) is 4.79. The largest absolute Gasteiger partial charge is 0.384 e. The van der Waals surface area contributed by atoms with Crippen LogP contribution in [0.3, 0.4) is 0 Å². The van der Waals surface area contributed by atoms with Gasteiger partial charge in [-0.3, -0.25) is 0 Å². The molecule has 0 aliphatic heterocycles. The Morgan fingerprint density at radius 2 is 2.05 bits per heavy atom. The van der Waals surface area contributed by atoms with Crippen molar-refractivity contribution in [3.63, 3.8) is 0 Å². The van der Waals surface area contributed by atoms with Gasteiger partial charge < -0.3 is 11.1 Å². The third-order valence-corrected chi connectivity index (χ3v) is 3.03. The predicted molar refractivity (Wildman–Crippen MR) is 79.3 cm³/mol. The zero-order valence-electron chi connectivity index (χ0n) is 11.3. The number of nitrogens with zero attached hydrogens (tertiary/aromatic N) is 2. The molecule has 0 spiro atoms. The molecule has 0 bridgehead atoms. The number of halogens is 2. The molecule has 4 nitrogen and oxygen atoms in total. The average molecular weight is 295 g/mol. The molecule has 0 saturated carbocycles. The van der Waals surface area contributed by atoms with Crippen LogP contribution in [0, 0.1) is 5.82 Å². The van der Waals surface area contributed by atoms with E-state index in [9.17, 15) is 4.39 Å². The molecule has 0 unspecified atom stereocenters. The molecule has 1 aromatic carbocycles. The van der Waals surface area contributed by atoms with Gasteiger partial charge in [0.1, 0.15) is 23.3 Å². The fourth-order valence-corrected chi connectivity index (χ4v) is 1.88. The van der Waals surface area contributed by atoms with Crippen molar-refractivity contribution in [3.05, 3.63) is 46.5 Å². The normalized spacial score (nSPS) is 10.8. The lowest BCUT2D eigenvalue weighted by molar-refractivity contribution is 0.627. The van der Waals surface area contributed by atoms with Gasteiger partial charge in [0.2, 0.25) is 0 Å². The highest BCUT2D eigenvalue weighted by molar-refractivity contribution is 6.30. The maximum Gasteiger partial charge on any atom is 0.141 e. The molecule has 0 amide bonds. The van der Waals surface area contributed by atoms with E-state index >= 15 is 0 Å². The van der Waals surface area contributed by atoms with Crippen molar-refractivity contribution in [3.8, 4) is 0 Å². The molecule has 0 aliphatic rings. The van der Waals surface area contributed by atoms with Crippen molar-refractivity contribution in [2.45, 2.75) is 26.3 Å². The molecule has 6 heteroatoms. The summed E-state index contributed by atoms with van der Waals surface area (Å²) in [6, 6.07) is 6.25. The van der Waals surface area contributed by atoms with Crippen LogP contribution >= 0.6 is 11.6 Å². The summed E-state index contributed by atoms with van der Waals surface area (Å²) in [5, 5.41) is 3.24. The number of nitrogens with one attached hydrogen (secondary N) is 1. The standard InChI is InChI=1S/C14H16ClFN4/c1-8(2)14-19-12(17)6-13(20-14)18-7-9-3-4-11(16)10(15)5-9/h3-6,8H,7H2,1-2H3,(H3,17,18,19,20). The molecule has 0 saturated heterocycles. The first-order chi connectivity index (χ1) is 9.45. The molecular formula is C14H16ClFN4. The van der Waals surface area contributed by atoms with Crippen molar-refractivity contribution in [2.75, 3.05) is 11.1 Å². The number of rotatable bonds is 4. The van der Waals surface area contributed by atoms with Gasteiger partial charge in [0.25, 0.3) is 0 Å². The van der Waals surface area contributed by atoms with E-state index in [4.69, 9.17) is 17.3 Å². The van der Waals surface area contributed by atoms with Crippen LogP contribution in [0.25, 0.3) is 0 Å². The first-order valence-electron chi connectivity index (χ1n) is 6.28. The second-order valence-corrected chi connectivity index (χ2v) is 5.20. The number of anilines is 2. The summed E-state index contributed by atoms with van der Waals surface area (Å²) >= 11 is 5.74. The van der Waals surface area contributed by atoms with Crippen LogP contribution in [0.2, 0.25) is 5.02 Å². The quantitative estimate of drug-likeness (QED) is 0.904. The highest BCUT2D eigenvalue weighted by Crippen LogP contribution is 2.18. The lowest BCUT2D eigenvalue weighted by Gasteiger charge is -2.10. The fourth-order valence-electron chi connectivity index (χ4n) is 1.68. The van der Waals surface area contributed by atoms with E-state index in [2.05, 4.69) is 15.3 Å². The van der Waals surface area contributed by atoms with Gasteiger partial charge in [-0.15, -0.1) is 0 Å². The van der Waals surface area contributed by atoms with Crippen LogP contribution < -0.4 is 11.1 Å². The van der Waals surface area contributed by atoms with E-state index in [1.54, 1.807) is 18.2 Å². The maximum atomic E-state index is 13.1. The lowest BCUT2D eigenvalue weighted by atomic mass is 10.2. The molecule has 0 fully saturated rings. The summed E-state index contributed by atoms with van der Waals surface area (Å²) in [7, 11) is 0. The van der Waals surface area contributed by atoms with Crippen molar-refractivity contribution >= 4 is 23.2 Å². The summed E-state index contributed by atoms with van der Waals surface area (Å²) in [6.07, 6.45) is 0. The summed E-state index contributed by atoms with van der Waals surface area (Å²) in [4.78, 5) is 8.55. The minimum absolute atomic E-state index is 0.106. The average Bonchev–Trinajstić information content (AvgIpc) is 2.39. The molecule has 106 valence electrons. The van der Waals surface area contributed by atoms with Gasteiger partial charge in [-0.1, -0.05) is 31.5 Å². The van der Waals surface area contributed by atoms with Gasteiger partial charge in [-0.25, -0.2) is 14.4 Å². The summed E-state index contributed by atoms with van der Waals surface area (Å²) < 4.78 is 13.1. The van der Waals surface area contributed by atoms with Crippen molar-refractivity contribution in [2.24, 2.45) is 0 Å². The molecule has 20 heavy (non-hydrogen) atoms. The van der Waals surface area contributed by atoms with Gasteiger partial charge in [-0.05, 0) is 17.7 Å². The van der Waals surface area contributed by atoms with E-state index < -0.39 is 5.82 Å². The third-order valence-electron chi connectivity index (χ3n) is 2.74. The fraction of sp³-hybridized carbons (Fsp3) is 0.286. The Bertz CT molecular complexity index is 616. The van der Waals surface area contributed by atoms with Crippen LogP contribution in [-0.4, -0.2) is 9.97 Å². The minimum Gasteiger partial charge on any atom is -0.384 e. The van der Waals surface area contributed by atoms with E-state index in [0.717, 1.165) is 5.56 Å². The van der Waals surface area contributed by atoms with E-state index in [-0.39, 0.29) is 10.9 Å². The van der Waals surface area contributed by atoms with Gasteiger partial charge in [0, 0.05) is 18.5 Å². The maximum absolute atomic E-state index is 13.1.